The van der Waals surface area contributed by atoms with E-state index >= 15 is 0 Å². The monoisotopic (exact) mass is 261 g/mol. The molecule has 0 radical (unpaired) electrons. The SMILES string of the molecule is CCC1(CNCc2ccc(F)c(F)c2)CC1.Cl. The normalized spacial score (nSPS) is 16.4. The maximum Gasteiger partial charge on any atom is 0.159 e. The Bertz CT molecular complexity index is 378. The van der Waals surface area contributed by atoms with Gasteiger partial charge in [0.25, 0.3) is 0 Å². The Morgan fingerprint density at radius 3 is 2.47 bits per heavy atom. The fraction of sp³-hybridized carbons (Fsp3) is 0.538. The van der Waals surface area contributed by atoms with Crippen molar-refractivity contribution in [2.45, 2.75) is 32.7 Å². The number of benzene rings is 1. The van der Waals surface area contributed by atoms with Crippen molar-refractivity contribution in [1.29, 1.82) is 0 Å². The van der Waals surface area contributed by atoms with Gasteiger partial charge in [-0.05, 0) is 42.4 Å². The lowest BCUT2D eigenvalue weighted by molar-refractivity contribution is 0.442. The van der Waals surface area contributed by atoms with Gasteiger partial charge in [-0.2, -0.15) is 0 Å². The molecule has 1 aromatic carbocycles. The lowest BCUT2D eigenvalue weighted by Gasteiger charge is -2.13. The smallest absolute Gasteiger partial charge is 0.159 e. The molecule has 0 amide bonds. The third kappa shape index (κ3) is 3.65. The van der Waals surface area contributed by atoms with Crippen LogP contribution in [0.25, 0.3) is 0 Å². The van der Waals surface area contributed by atoms with E-state index in [1.807, 2.05) is 0 Å². The molecule has 17 heavy (non-hydrogen) atoms. The van der Waals surface area contributed by atoms with Gasteiger partial charge in [0.2, 0.25) is 0 Å². The molecule has 0 saturated heterocycles. The summed E-state index contributed by atoms with van der Waals surface area (Å²) < 4.78 is 25.6. The van der Waals surface area contributed by atoms with Crippen LogP contribution in [0.3, 0.4) is 0 Å². The first-order chi connectivity index (χ1) is 7.65. The Kier molecular flexibility index (Phi) is 4.90. The molecule has 96 valence electrons. The molecule has 1 N–H and O–H groups in total. The summed E-state index contributed by atoms with van der Waals surface area (Å²) in [6.07, 6.45) is 3.76. The minimum absolute atomic E-state index is 0. The molecule has 0 unspecified atom stereocenters. The number of halogens is 3. The molecule has 0 aliphatic heterocycles. The molecule has 0 heterocycles. The Morgan fingerprint density at radius 2 is 1.94 bits per heavy atom. The molecule has 1 fully saturated rings. The molecule has 1 aliphatic carbocycles. The first kappa shape index (κ1) is 14.4. The van der Waals surface area contributed by atoms with Crippen molar-refractivity contribution >= 4 is 12.4 Å². The van der Waals surface area contributed by atoms with E-state index in [4.69, 9.17) is 0 Å². The van der Waals surface area contributed by atoms with Crippen LogP contribution < -0.4 is 5.32 Å². The van der Waals surface area contributed by atoms with Crippen molar-refractivity contribution < 1.29 is 8.78 Å². The maximum atomic E-state index is 12.9. The second-order valence-corrected chi connectivity index (χ2v) is 4.71. The van der Waals surface area contributed by atoms with Crippen LogP contribution in [0.15, 0.2) is 18.2 Å². The predicted molar refractivity (Wildman–Crippen MR) is 67.3 cm³/mol. The van der Waals surface area contributed by atoms with Gasteiger partial charge in [-0.25, -0.2) is 8.78 Å². The van der Waals surface area contributed by atoms with Crippen LogP contribution in [0.5, 0.6) is 0 Å². The van der Waals surface area contributed by atoms with Gasteiger partial charge < -0.3 is 5.32 Å². The van der Waals surface area contributed by atoms with Crippen molar-refractivity contribution in [1.82, 2.24) is 5.32 Å². The number of hydrogen-bond acceptors (Lipinski definition) is 1. The molecule has 0 bridgehead atoms. The quantitative estimate of drug-likeness (QED) is 0.853. The molecule has 0 atom stereocenters. The summed E-state index contributed by atoms with van der Waals surface area (Å²) in [6, 6.07) is 4.06. The summed E-state index contributed by atoms with van der Waals surface area (Å²) in [6.45, 7) is 3.79. The van der Waals surface area contributed by atoms with E-state index in [2.05, 4.69) is 12.2 Å². The van der Waals surface area contributed by atoms with E-state index in [0.717, 1.165) is 12.1 Å². The van der Waals surface area contributed by atoms with E-state index in [1.54, 1.807) is 6.07 Å². The Balaban J connectivity index is 0.00000144. The van der Waals surface area contributed by atoms with Crippen molar-refractivity contribution in [3.63, 3.8) is 0 Å². The number of hydrogen-bond donors (Lipinski definition) is 1. The zero-order chi connectivity index (χ0) is 11.6. The molecular weight excluding hydrogens is 244 g/mol. The highest BCUT2D eigenvalue weighted by atomic mass is 35.5. The molecule has 1 saturated carbocycles. The summed E-state index contributed by atoms with van der Waals surface area (Å²) in [7, 11) is 0. The third-order valence-electron chi connectivity index (χ3n) is 3.52. The number of nitrogens with one attached hydrogen (secondary N) is 1. The minimum Gasteiger partial charge on any atom is -0.312 e. The third-order valence-corrected chi connectivity index (χ3v) is 3.52. The fourth-order valence-corrected chi connectivity index (χ4v) is 1.95. The Morgan fingerprint density at radius 1 is 1.24 bits per heavy atom. The summed E-state index contributed by atoms with van der Waals surface area (Å²) >= 11 is 0. The first-order valence-electron chi connectivity index (χ1n) is 5.80. The Hall–Kier alpha value is -0.670. The molecule has 4 heteroatoms. The average molecular weight is 262 g/mol. The van der Waals surface area contributed by atoms with Crippen LogP contribution >= 0.6 is 12.4 Å². The number of rotatable bonds is 5. The van der Waals surface area contributed by atoms with Crippen molar-refractivity contribution in [3.8, 4) is 0 Å². The van der Waals surface area contributed by atoms with Crippen molar-refractivity contribution in [2.24, 2.45) is 5.41 Å². The van der Waals surface area contributed by atoms with E-state index in [1.165, 1.54) is 31.4 Å². The van der Waals surface area contributed by atoms with Crippen LogP contribution in [-0.4, -0.2) is 6.54 Å². The molecule has 0 spiro atoms. The van der Waals surface area contributed by atoms with Gasteiger partial charge in [0.15, 0.2) is 11.6 Å². The summed E-state index contributed by atoms with van der Waals surface area (Å²) in [4.78, 5) is 0. The first-order valence-corrected chi connectivity index (χ1v) is 5.80. The molecule has 0 aromatic heterocycles. The minimum atomic E-state index is -0.782. The van der Waals surface area contributed by atoms with E-state index in [-0.39, 0.29) is 12.4 Å². The maximum absolute atomic E-state index is 12.9. The van der Waals surface area contributed by atoms with Crippen LogP contribution in [0.2, 0.25) is 0 Å². The van der Waals surface area contributed by atoms with Crippen LogP contribution in [-0.2, 0) is 6.54 Å². The van der Waals surface area contributed by atoms with Gasteiger partial charge in [-0.3, -0.25) is 0 Å². The molecule has 2 rings (SSSR count). The highest BCUT2D eigenvalue weighted by Gasteiger charge is 2.39. The van der Waals surface area contributed by atoms with E-state index < -0.39 is 11.6 Å². The predicted octanol–water partition coefficient (Wildman–Crippen LogP) is 3.67. The van der Waals surface area contributed by atoms with E-state index in [0.29, 0.717) is 12.0 Å². The largest absolute Gasteiger partial charge is 0.312 e. The Labute approximate surface area is 107 Å². The lowest BCUT2D eigenvalue weighted by atomic mass is 10.0. The second kappa shape index (κ2) is 5.78. The van der Waals surface area contributed by atoms with Crippen molar-refractivity contribution in [2.75, 3.05) is 6.54 Å². The average Bonchev–Trinajstić information content (AvgIpc) is 3.04. The fourth-order valence-electron chi connectivity index (χ4n) is 1.95. The van der Waals surface area contributed by atoms with Gasteiger partial charge >= 0.3 is 0 Å². The van der Waals surface area contributed by atoms with Crippen LogP contribution in [0.4, 0.5) is 8.78 Å². The van der Waals surface area contributed by atoms with Gasteiger partial charge in [-0.15, -0.1) is 12.4 Å². The zero-order valence-electron chi connectivity index (χ0n) is 9.93. The molecular formula is C13H18ClF2N. The summed E-state index contributed by atoms with van der Waals surface area (Å²) in [5.74, 6) is -1.55. The van der Waals surface area contributed by atoms with Crippen LogP contribution in [0.1, 0.15) is 31.7 Å². The van der Waals surface area contributed by atoms with E-state index in [9.17, 15) is 8.78 Å². The summed E-state index contributed by atoms with van der Waals surface area (Å²) in [5.41, 5.74) is 1.28. The topological polar surface area (TPSA) is 12.0 Å². The standard InChI is InChI=1S/C13H17F2N.ClH/c1-2-13(5-6-13)9-16-8-10-3-4-11(14)12(15)7-10;/h3-4,7,16H,2,5-6,8-9H2,1H3;1H. The molecule has 1 aromatic rings. The van der Waals surface area contributed by atoms with Gasteiger partial charge in [0.1, 0.15) is 0 Å². The second-order valence-electron chi connectivity index (χ2n) is 4.71. The van der Waals surface area contributed by atoms with Gasteiger partial charge in [0.05, 0.1) is 0 Å². The zero-order valence-corrected chi connectivity index (χ0v) is 10.7. The van der Waals surface area contributed by atoms with Crippen molar-refractivity contribution in [3.05, 3.63) is 35.4 Å². The highest BCUT2D eigenvalue weighted by Crippen LogP contribution is 2.47. The van der Waals surface area contributed by atoms with Gasteiger partial charge in [0, 0.05) is 13.1 Å². The lowest BCUT2D eigenvalue weighted by Crippen LogP contribution is -2.23. The van der Waals surface area contributed by atoms with Gasteiger partial charge in [-0.1, -0.05) is 13.0 Å². The van der Waals surface area contributed by atoms with Crippen LogP contribution in [0, 0.1) is 17.0 Å². The summed E-state index contributed by atoms with van der Waals surface area (Å²) in [5, 5.41) is 3.31. The molecule has 1 nitrogen and oxygen atoms in total. The highest BCUT2D eigenvalue weighted by molar-refractivity contribution is 5.85. The molecule has 1 aliphatic rings.